The first-order valence-electron chi connectivity index (χ1n) is 19.5. The molecule has 284 valence electrons. The SMILES string of the molecule is COc1ccc(C(=C(c2ccccc2)c2ccc(-c3ccc(/C(C#N)=C\c4ccc(N(c5ccccc5)c5ccccc5)cc4)cc3)cc2)c2ccc(OC)cc2)cc1. The summed E-state index contributed by atoms with van der Waals surface area (Å²) >= 11 is 0. The molecule has 0 fully saturated rings. The third-order valence-corrected chi connectivity index (χ3v) is 10.4. The number of allylic oxidation sites excluding steroid dienone is 1. The van der Waals surface area contributed by atoms with E-state index in [9.17, 15) is 5.26 Å². The van der Waals surface area contributed by atoms with Crippen molar-refractivity contribution in [2.45, 2.75) is 0 Å². The Morgan fingerprint density at radius 1 is 0.407 bits per heavy atom. The van der Waals surface area contributed by atoms with Crippen LogP contribution in [0.3, 0.4) is 0 Å². The van der Waals surface area contributed by atoms with E-state index in [-0.39, 0.29) is 0 Å². The van der Waals surface area contributed by atoms with Gasteiger partial charge in [-0.2, -0.15) is 5.26 Å². The van der Waals surface area contributed by atoms with E-state index in [4.69, 9.17) is 9.47 Å². The molecule has 0 saturated heterocycles. The Labute approximate surface area is 346 Å². The van der Waals surface area contributed by atoms with Crippen LogP contribution < -0.4 is 14.4 Å². The second-order valence-electron chi connectivity index (χ2n) is 14.0. The maximum Gasteiger partial charge on any atom is 0.118 e. The van der Waals surface area contributed by atoms with Crippen LogP contribution in [0.2, 0.25) is 0 Å². The largest absolute Gasteiger partial charge is 0.497 e. The molecular weight excluding hydrogens is 721 g/mol. The third kappa shape index (κ3) is 8.61. The average Bonchev–Trinajstić information content (AvgIpc) is 3.32. The molecule has 0 aliphatic carbocycles. The van der Waals surface area contributed by atoms with Crippen molar-refractivity contribution in [2.75, 3.05) is 19.1 Å². The van der Waals surface area contributed by atoms with Crippen molar-refractivity contribution < 1.29 is 9.47 Å². The summed E-state index contributed by atoms with van der Waals surface area (Å²) in [7, 11) is 3.37. The summed E-state index contributed by atoms with van der Waals surface area (Å²) in [5.74, 6) is 1.61. The van der Waals surface area contributed by atoms with E-state index in [1.165, 1.54) is 0 Å². The van der Waals surface area contributed by atoms with Crippen molar-refractivity contribution in [2.24, 2.45) is 0 Å². The lowest BCUT2D eigenvalue weighted by Crippen LogP contribution is -2.09. The first-order chi connectivity index (χ1) is 29.1. The highest BCUT2D eigenvalue weighted by atomic mass is 16.5. The van der Waals surface area contributed by atoms with Crippen molar-refractivity contribution in [1.82, 2.24) is 0 Å². The van der Waals surface area contributed by atoms with E-state index in [1.54, 1.807) is 14.2 Å². The number of hydrogen-bond donors (Lipinski definition) is 0. The van der Waals surface area contributed by atoms with Crippen LogP contribution in [0.5, 0.6) is 11.5 Å². The van der Waals surface area contributed by atoms with E-state index in [0.717, 1.165) is 84.2 Å². The molecule has 0 atom stereocenters. The highest BCUT2D eigenvalue weighted by molar-refractivity contribution is 6.05. The van der Waals surface area contributed by atoms with Gasteiger partial charge in [-0.05, 0) is 122 Å². The molecule has 8 aromatic carbocycles. The standard InChI is InChI=1S/C55H42N2O2/c1-58-52-34-28-46(29-35-52)55(47-30-36-53(59-2)37-31-47)54(44-12-6-3-7-13-44)45-26-24-42(25-27-45)41-20-22-43(23-21-41)48(39-56)38-40-18-32-51(33-19-40)57(49-14-8-4-9-15-49)50-16-10-5-11-17-50/h3-38H,1-2H3/b48-38-. The summed E-state index contributed by atoms with van der Waals surface area (Å²) in [6.45, 7) is 0. The van der Waals surface area contributed by atoms with Crippen LogP contribution in [0, 0.1) is 11.3 Å². The minimum absolute atomic E-state index is 0.602. The highest BCUT2D eigenvalue weighted by Gasteiger charge is 2.17. The van der Waals surface area contributed by atoms with Crippen LogP contribution in [0.25, 0.3) is 33.9 Å². The average molecular weight is 763 g/mol. The predicted octanol–water partition coefficient (Wildman–Crippen LogP) is 13.9. The minimum atomic E-state index is 0.602. The van der Waals surface area contributed by atoms with Gasteiger partial charge in [0.25, 0.3) is 0 Å². The molecule has 0 heterocycles. The first-order valence-corrected chi connectivity index (χ1v) is 19.5. The maximum atomic E-state index is 10.3. The lowest BCUT2D eigenvalue weighted by molar-refractivity contribution is 0.414. The summed E-state index contributed by atoms with van der Waals surface area (Å²) in [6, 6.07) is 75.4. The molecule has 4 nitrogen and oxygen atoms in total. The summed E-state index contributed by atoms with van der Waals surface area (Å²) in [6.07, 6.45) is 1.95. The van der Waals surface area contributed by atoms with Crippen molar-refractivity contribution in [1.29, 1.82) is 5.26 Å². The predicted molar refractivity (Wildman–Crippen MR) is 244 cm³/mol. The van der Waals surface area contributed by atoms with Gasteiger partial charge in [0.15, 0.2) is 0 Å². The molecule has 0 aliphatic rings. The van der Waals surface area contributed by atoms with Crippen LogP contribution in [-0.2, 0) is 0 Å². The summed E-state index contributed by atoms with van der Waals surface area (Å²) < 4.78 is 11.0. The van der Waals surface area contributed by atoms with E-state index >= 15 is 0 Å². The molecule has 0 aliphatic heterocycles. The number of anilines is 3. The summed E-state index contributed by atoms with van der Waals surface area (Å²) in [4.78, 5) is 2.23. The minimum Gasteiger partial charge on any atom is -0.497 e. The first kappa shape index (κ1) is 38.0. The van der Waals surface area contributed by atoms with Gasteiger partial charge in [-0.15, -0.1) is 0 Å². The fraction of sp³-hybridized carbons (Fsp3) is 0.0364. The maximum absolute atomic E-state index is 10.3. The van der Waals surface area contributed by atoms with Gasteiger partial charge in [0.05, 0.1) is 25.9 Å². The quantitative estimate of drug-likeness (QED) is 0.0918. The Kier molecular flexibility index (Phi) is 11.6. The van der Waals surface area contributed by atoms with Crippen molar-refractivity contribution >= 4 is 39.9 Å². The Morgan fingerprint density at radius 3 is 1.17 bits per heavy atom. The highest BCUT2D eigenvalue weighted by Crippen LogP contribution is 2.39. The van der Waals surface area contributed by atoms with Crippen LogP contribution >= 0.6 is 0 Å². The second kappa shape index (κ2) is 17.9. The molecule has 0 unspecified atom stereocenters. The molecule has 0 saturated carbocycles. The molecule has 0 N–H and O–H groups in total. The molecule has 0 aromatic heterocycles. The second-order valence-corrected chi connectivity index (χ2v) is 14.0. The number of benzene rings is 8. The molecule has 0 amide bonds. The summed E-state index contributed by atoms with van der Waals surface area (Å²) in [5, 5.41) is 10.3. The van der Waals surface area contributed by atoms with Crippen LogP contribution in [0.15, 0.2) is 212 Å². The van der Waals surface area contributed by atoms with Crippen LogP contribution in [0.1, 0.15) is 33.4 Å². The lowest BCUT2D eigenvalue weighted by Gasteiger charge is -2.25. The monoisotopic (exact) mass is 762 g/mol. The number of ether oxygens (including phenoxy) is 2. The number of methoxy groups -OCH3 is 2. The fourth-order valence-corrected chi connectivity index (χ4v) is 7.37. The molecule has 8 rings (SSSR count). The van der Waals surface area contributed by atoms with E-state index in [2.05, 4.69) is 144 Å². The summed E-state index contributed by atoms with van der Waals surface area (Å²) in [5.41, 5.74) is 14.4. The molecule has 0 radical (unpaired) electrons. The molecule has 4 heteroatoms. The Bertz CT molecular complexity index is 2630. The van der Waals surface area contributed by atoms with Gasteiger partial charge >= 0.3 is 0 Å². The Balaban J connectivity index is 1.09. The Morgan fingerprint density at radius 2 is 0.763 bits per heavy atom. The molecule has 0 bridgehead atoms. The number of nitrogens with zero attached hydrogens (tertiary/aromatic N) is 2. The van der Waals surface area contributed by atoms with Crippen molar-refractivity contribution in [3.05, 3.63) is 246 Å². The normalized spacial score (nSPS) is 11.0. The molecule has 0 spiro atoms. The Hall–Kier alpha value is -7.87. The molecule has 8 aromatic rings. The lowest BCUT2D eigenvalue weighted by atomic mass is 9.85. The topological polar surface area (TPSA) is 45.5 Å². The number of rotatable bonds is 12. The van der Waals surface area contributed by atoms with Gasteiger partial charge in [-0.1, -0.05) is 152 Å². The number of para-hydroxylation sites is 2. The molecule has 59 heavy (non-hydrogen) atoms. The van der Waals surface area contributed by atoms with Crippen LogP contribution in [0.4, 0.5) is 17.1 Å². The van der Waals surface area contributed by atoms with E-state index in [1.807, 2.05) is 84.9 Å². The number of nitriles is 1. The van der Waals surface area contributed by atoms with Gasteiger partial charge < -0.3 is 14.4 Å². The van der Waals surface area contributed by atoms with E-state index in [0.29, 0.717) is 5.57 Å². The van der Waals surface area contributed by atoms with Gasteiger partial charge in [0.1, 0.15) is 11.5 Å². The van der Waals surface area contributed by atoms with Gasteiger partial charge in [0.2, 0.25) is 0 Å². The molecular formula is C55H42N2O2. The zero-order valence-electron chi connectivity index (χ0n) is 33.0. The smallest absolute Gasteiger partial charge is 0.118 e. The van der Waals surface area contributed by atoms with Crippen LogP contribution in [-0.4, -0.2) is 14.2 Å². The van der Waals surface area contributed by atoms with Crippen molar-refractivity contribution in [3.8, 4) is 28.7 Å². The zero-order chi connectivity index (χ0) is 40.4. The fourth-order valence-electron chi connectivity index (χ4n) is 7.37. The van der Waals surface area contributed by atoms with Crippen molar-refractivity contribution in [3.63, 3.8) is 0 Å². The zero-order valence-corrected chi connectivity index (χ0v) is 33.0. The van der Waals surface area contributed by atoms with Gasteiger partial charge in [0, 0.05) is 17.1 Å². The third-order valence-electron chi connectivity index (χ3n) is 10.4. The number of hydrogen-bond acceptors (Lipinski definition) is 4. The van der Waals surface area contributed by atoms with E-state index < -0.39 is 0 Å². The van der Waals surface area contributed by atoms with Gasteiger partial charge in [-0.3, -0.25) is 0 Å². The van der Waals surface area contributed by atoms with Gasteiger partial charge in [-0.25, -0.2) is 0 Å².